The maximum absolute atomic E-state index is 14.9. The van der Waals surface area contributed by atoms with E-state index in [1.54, 1.807) is 25.7 Å². The number of hydrogen-bond acceptors (Lipinski definition) is 9. The Hall–Kier alpha value is -3.75. The van der Waals surface area contributed by atoms with Crippen LogP contribution in [0.2, 0.25) is 0 Å². The fourth-order valence-corrected chi connectivity index (χ4v) is 10.7. The number of rotatable bonds is 11. The van der Waals surface area contributed by atoms with Crippen LogP contribution in [0.5, 0.6) is 0 Å². The molecule has 15 heteroatoms. The highest BCUT2D eigenvalue weighted by atomic mass is 32.2. The number of likely N-dealkylation sites (tertiary alicyclic amines) is 1. The second-order valence-corrected chi connectivity index (χ2v) is 20.4. The van der Waals surface area contributed by atoms with Gasteiger partial charge in [0.05, 0.1) is 11.4 Å². The number of aromatic nitrogens is 1. The first-order valence-corrected chi connectivity index (χ1v) is 19.9. The average molecular weight is 743 g/mol. The van der Waals surface area contributed by atoms with Crippen LogP contribution in [0, 0.1) is 33.0 Å². The summed E-state index contributed by atoms with van der Waals surface area (Å²) in [4.78, 5) is 71.5. The van der Waals surface area contributed by atoms with E-state index in [1.807, 2.05) is 20.8 Å². The Bertz CT molecular complexity index is 1790. The minimum atomic E-state index is -3.88. The average Bonchev–Trinajstić information content (AvgIpc) is 3.93. The lowest BCUT2D eigenvalue weighted by molar-refractivity contribution is -0.145. The first-order valence-electron chi connectivity index (χ1n) is 18.3. The van der Waals surface area contributed by atoms with Crippen LogP contribution >= 0.6 is 0 Å². The third-order valence-corrected chi connectivity index (χ3v) is 14.9. The molecule has 4 N–H and O–H groups in total. The fourth-order valence-electron chi connectivity index (χ4n) is 9.33. The Morgan fingerprint density at radius 2 is 1.62 bits per heavy atom. The smallest absolute Gasteiger partial charge is 0.290 e. The lowest BCUT2D eigenvalue weighted by atomic mass is 9.73. The van der Waals surface area contributed by atoms with Gasteiger partial charge in [-0.25, -0.2) is 8.42 Å². The fraction of sp³-hybridized carbons (Fsp3) is 0.730. The van der Waals surface area contributed by atoms with Crippen LogP contribution in [0.25, 0.3) is 0 Å². The molecular formula is C37H54N6O8S. The molecule has 286 valence electrons. The molecule has 6 atom stereocenters. The van der Waals surface area contributed by atoms with Crippen molar-refractivity contribution in [2.45, 2.75) is 129 Å². The monoisotopic (exact) mass is 742 g/mol. The predicted octanol–water partition coefficient (Wildman–Crippen LogP) is 2.82. The van der Waals surface area contributed by atoms with Gasteiger partial charge in [0.15, 0.2) is 0 Å². The summed E-state index contributed by atoms with van der Waals surface area (Å²) >= 11 is 0. The summed E-state index contributed by atoms with van der Waals surface area (Å²) in [5, 5.41) is 11.5. The highest BCUT2D eigenvalue weighted by Gasteiger charge is 2.85. The summed E-state index contributed by atoms with van der Waals surface area (Å²) < 4.78 is 32.6. The van der Waals surface area contributed by atoms with Gasteiger partial charge in [-0.05, 0) is 60.2 Å². The largest absolute Gasteiger partial charge is 0.351 e. The second-order valence-electron chi connectivity index (χ2n) is 18.5. The Labute approximate surface area is 306 Å². The Morgan fingerprint density at radius 1 is 0.981 bits per heavy atom. The molecule has 52 heavy (non-hydrogen) atoms. The van der Waals surface area contributed by atoms with E-state index in [0.717, 1.165) is 19.3 Å². The first-order chi connectivity index (χ1) is 24.0. The maximum atomic E-state index is 14.9. The van der Waals surface area contributed by atoms with Crippen molar-refractivity contribution in [2.75, 3.05) is 6.54 Å². The van der Waals surface area contributed by atoms with Crippen molar-refractivity contribution in [3.8, 4) is 0 Å². The van der Waals surface area contributed by atoms with Crippen LogP contribution in [0.15, 0.2) is 29.4 Å². The minimum absolute atomic E-state index is 0.0347. The zero-order chi connectivity index (χ0) is 38.4. The predicted molar refractivity (Wildman–Crippen MR) is 190 cm³/mol. The van der Waals surface area contributed by atoms with Gasteiger partial charge in [0.1, 0.15) is 23.7 Å². The van der Waals surface area contributed by atoms with E-state index in [-0.39, 0.29) is 28.4 Å². The zero-order valence-corrected chi connectivity index (χ0v) is 32.4. The molecule has 6 rings (SSSR count). The van der Waals surface area contributed by atoms with Gasteiger partial charge in [0, 0.05) is 23.9 Å². The molecule has 5 fully saturated rings. The summed E-state index contributed by atoms with van der Waals surface area (Å²) in [5.41, 5.74) is -3.64. The van der Waals surface area contributed by atoms with Gasteiger partial charge in [-0.15, -0.1) is 6.58 Å². The molecule has 1 saturated heterocycles. The molecule has 0 aromatic carbocycles. The molecule has 4 aliphatic carbocycles. The summed E-state index contributed by atoms with van der Waals surface area (Å²) in [5.74, 6) is -3.55. The molecule has 1 aromatic heterocycles. The van der Waals surface area contributed by atoms with Gasteiger partial charge in [0.2, 0.25) is 33.5 Å². The van der Waals surface area contributed by atoms with E-state index in [4.69, 9.17) is 4.52 Å². The highest BCUT2D eigenvalue weighted by molar-refractivity contribution is 7.91. The zero-order valence-electron chi connectivity index (χ0n) is 31.6. The van der Waals surface area contributed by atoms with Crippen molar-refractivity contribution in [1.82, 2.24) is 30.7 Å². The number of fused-ring (bicyclic) bond motifs is 1. The molecule has 2 heterocycles. The number of nitrogens with zero attached hydrogens (tertiary/aromatic N) is 2. The minimum Gasteiger partial charge on any atom is -0.351 e. The van der Waals surface area contributed by atoms with Crippen molar-refractivity contribution in [3.63, 3.8) is 0 Å². The van der Waals surface area contributed by atoms with Crippen LogP contribution < -0.4 is 20.7 Å². The highest BCUT2D eigenvalue weighted by Crippen LogP contribution is 2.88. The Morgan fingerprint density at radius 3 is 2.08 bits per heavy atom. The molecule has 0 unspecified atom stereocenters. The van der Waals surface area contributed by atoms with Crippen molar-refractivity contribution >= 4 is 39.6 Å². The van der Waals surface area contributed by atoms with Gasteiger partial charge >= 0.3 is 0 Å². The maximum Gasteiger partial charge on any atom is 0.290 e. The summed E-state index contributed by atoms with van der Waals surface area (Å²) in [6.45, 7) is 19.3. The molecule has 1 aromatic rings. The van der Waals surface area contributed by atoms with E-state index in [2.05, 4.69) is 46.3 Å². The van der Waals surface area contributed by atoms with E-state index < -0.39 is 85.2 Å². The summed E-state index contributed by atoms with van der Waals surface area (Å²) in [6.07, 6.45) is 7.39. The van der Waals surface area contributed by atoms with Crippen LogP contribution in [-0.4, -0.2) is 83.5 Å². The molecule has 4 saturated carbocycles. The Balaban J connectivity index is 1.29. The lowest BCUT2D eigenvalue weighted by Gasteiger charge is -2.38. The SMILES string of the molecule is C=C[C@@H]1C[C@]1(NC(=O)[C@@H]1C[C@@]2(CN1C(=O)[C@@H](NC(=O)[C@@H](NC(=O)c1ccno1)C(C)(C)C)C(C)(C)C)C(C)(C)C21CCC1)C(=O)NS(=O)(=O)C1CC1. The molecule has 2 spiro atoms. The van der Waals surface area contributed by atoms with Crippen LogP contribution in [0.3, 0.4) is 0 Å². The molecule has 5 aliphatic rings. The molecule has 1 aliphatic heterocycles. The van der Waals surface area contributed by atoms with Crippen molar-refractivity contribution < 1.29 is 36.9 Å². The normalized spacial score (nSPS) is 29.7. The van der Waals surface area contributed by atoms with E-state index in [1.165, 1.54) is 18.3 Å². The number of sulfonamides is 1. The van der Waals surface area contributed by atoms with Crippen molar-refractivity contribution in [1.29, 1.82) is 0 Å². The van der Waals surface area contributed by atoms with Gasteiger partial charge in [0.25, 0.3) is 11.8 Å². The topological polar surface area (TPSA) is 197 Å². The van der Waals surface area contributed by atoms with Gasteiger partial charge in [-0.2, -0.15) is 0 Å². The third kappa shape index (κ3) is 5.94. The van der Waals surface area contributed by atoms with Gasteiger partial charge in [-0.3, -0.25) is 28.7 Å². The first kappa shape index (κ1) is 38.0. The van der Waals surface area contributed by atoms with Gasteiger partial charge < -0.3 is 25.4 Å². The Kier molecular flexibility index (Phi) is 8.87. The molecule has 0 radical (unpaired) electrons. The number of carbonyl (C=O) groups excluding carboxylic acids is 5. The third-order valence-electron chi connectivity index (χ3n) is 13.1. The lowest BCUT2D eigenvalue weighted by Crippen LogP contribution is -2.63. The number of amides is 5. The van der Waals surface area contributed by atoms with Crippen LogP contribution in [0.4, 0.5) is 0 Å². The summed E-state index contributed by atoms with van der Waals surface area (Å²) in [7, 11) is -3.88. The van der Waals surface area contributed by atoms with E-state index in [9.17, 15) is 32.4 Å². The second kappa shape index (κ2) is 12.1. The number of hydrogen-bond donors (Lipinski definition) is 4. The van der Waals surface area contributed by atoms with Crippen molar-refractivity contribution in [3.05, 3.63) is 30.7 Å². The number of nitrogens with one attached hydrogen (secondary N) is 4. The van der Waals surface area contributed by atoms with Crippen LogP contribution in [0.1, 0.15) is 111 Å². The molecule has 0 bridgehead atoms. The molecule has 5 amide bonds. The molecular weight excluding hydrogens is 689 g/mol. The standard InChI is InChI=1S/C37H54N6O8S/c1-10-21-18-37(21,31(48)42-52(49,50)22-12-13-22)41-27(44)23-19-36(34(8,9)35(36)15-11-16-35)20-43(23)30(47)26(33(5,6)7)40-29(46)25(32(2,3)4)39-28(45)24-14-17-38-51-24/h10,14,17,21-23,25-26H,1,11-13,15-16,18-20H2,2-9H3,(H,39,45)(H,40,46)(H,41,44)(H,42,48)/t21-,23+,25-,26-,36-,37-/m1/s1. The van der Waals surface area contributed by atoms with E-state index >= 15 is 0 Å². The summed E-state index contributed by atoms with van der Waals surface area (Å²) in [6, 6.07) is -1.76. The van der Waals surface area contributed by atoms with Gasteiger partial charge in [-0.1, -0.05) is 73.0 Å². The van der Waals surface area contributed by atoms with Crippen molar-refractivity contribution in [2.24, 2.45) is 33.0 Å². The van der Waals surface area contributed by atoms with Crippen LogP contribution in [-0.2, 0) is 29.2 Å². The quantitative estimate of drug-likeness (QED) is 0.247. The molecule has 14 nitrogen and oxygen atoms in total. The number of carbonyl (C=O) groups is 5. The van der Waals surface area contributed by atoms with E-state index in [0.29, 0.717) is 25.8 Å².